The van der Waals surface area contributed by atoms with Crippen LogP contribution >= 0.6 is 0 Å². The van der Waals surface area contributed by atoms with Crippen molar-refractivity contribution in [2.24, 2.45) is 0 Å². The Balaban J connectivity index is 2.47. The van der Waals surface area contributed by atoms with Gasteiger partial charge in [-0.05, 0) is 6.07 Å². The van der Waals surface area contributed by atoms with Gasteiger partial charge in [-0.2, -0.15) is 9.97 Å². The van der Waals surface area contributed by atoms with Crippen LogP contribution in [0, 0.1) is 12.3 Å². The van der Waals surface area contributed by atoms with E-state index >= 15 is 0 Å². The molecule has 0 aliphatic rings. The standard InChI is InChI=1S/C11H13N5O/c1-4-6-13-11-14-9-8(5-7-12-9)10(15-11)16(2)17-3/h1,5,7H,6H2,2-3H3,(H2,12,13,14,15). The van der Waals surface area contributed by atoms with Gasteiger partial charge in [-0.25, -0.2) is 5.06 Å². The third-order valence-electron chi connectivity index (χ3n) is 2.32. The number of H-pyrrole nitrogens is 1. The van der Waals surface area contributed by atoms with E-state index in [1.165, 1.54) is 0 Å². The van der Waals surface area contributed by atoms with Crippen LogP contribution in [0.2, 0.25) is 0 Å². The molecule has 0 atom stereocenters. The second kappa shape index (κ2) is 4.72. The minimum atomic E-state index is 0.377. The lowest BCUT2D eigenvalue weighted by Gasteiger charge is -2.16. The highest BCUT2D eigenvalue weighted by Gasteiger charge is 2.11. The molecule has 0 unspecified atom stereocenters. The van der Waals surface area contributed by atoms with Gasteiger partial charge in [0, 0.05) is 13.2 Å². The van der Waals surface area contributed by atoms with Gasteiger partial charge in [0.05, 0.1) is 19.0 Å². The monoisotopic (exact) mass is 231 g/mol. The van der Waals surface area contributed by atoms with E-state index in [4.69, 9.17) is 11.3 Å². The van der Waals surface area contributed by atoms with Crippen LogP contribution in [0.15, 0.2) is 12.3 Å². The first-order valence-corrected chi connectivity index (χ1v) is 5.06. The molecule has 17 heavy (non-hydrogen) atoms. The first-order valence-electron chi connectivity index (χ1n) is 5.06. The summed E-state index contributed by atoms with van der Waals surface area (Å²) in [5.74, 6) is 3.62. The average Bonchev–Trinajstić information content (AvgIpc) is 2.82. The maximum atomic E-state index is 5.18. The number of aromatic nitrogens is 3. The molecule has 0 fully saturated rings. The van der Waals surface area contributed by atoms with Gasteiger partial charge in [0.2, 0.25) is 5.95 Å². The largest absolute Gasteiger partial charge is 0.346 e. The predicted molar refractivity (Wildman–Crippen MR) is 66.6 cm³/mol. The number of hydroxylamine groups is 1. The van der Waals surface area contributed by atoms with Gasteiger partial charge in [0.15, 0.2) is 5.82 Å². The van der Waals surface area contributed by atoms with Crippen molar-refractivity contribution < 1.29 is 4.84 Å². The summed E-state index contributed by atoms with van der Waals surface area (Å²) in [4.78, 5) is 16.8. The molecule has 0 aliphatic carbocycles. The molecule has 0 aromatic carbocycles. The number of terminal acetylenes is 1. The van der Waals surface area contributed by atoms with E-state index in [0.717, 1.165) is 11.0 Å². The zero-order chi connectivity index (χ0) is 12.3. The predicted octanol–water partition coefficient (Wildman–Crippen LogP) is 1.00. The summed E-state index contributed by atoms with van der Waals surface area (Å²) in [7, 11) is 3.36. The second-order valence-electron chi connectivity index (χ2n) is 3.35. The molecule has 2 heterocycles. The summed E-state index contributed by atoms with van der Waals surface area (Å²) in [6.45, 7) is 0.377. The molecule has 6 nitrogen and oxygen atoms in total. The van der Waals surface area contributed by atoms with Crippen LogP contribution in [0.3, 0.4) is 0 Å². The summed E-state index contributed by atoms with van der Waals surface area (Å²) in [6, 6.07) is 1.89. The van der Waals surface area contributed by atoms with Gasteiger partial charge in [0.1, 0.15) is 5.65 Å². The Kier molecular flexibility index (Phi) is 3.12. The van der Waals surface area contributed by atoms with E-state index in [-0.39, 0.29) is 0 Å². The Hall–Kier alpha value is -2.26. The molecule has 0 bridgehead atoms. The van der Waals surface area contributed by atoms with Gasteiger partial charge in [0.25, 0.3) is 0 Å². The Morgan fingerprint density at radius 3 is 3.12 bits per heavy atom. The zero-order valence-corrected chi connectivity index (χ0v) is 9.69. The summed E-state index contributed by atoms with van der Waals surface area (Å²) >= 11 is 0. The maximum Gasteiger partial charge on any atom is 0.227 e. The van der Waals surface area contributed by atoms with Crippen molar-refractivity contribution in [3.8, 4) is 12.3 Å². The topological polar surface area (TPSA) is 66.1 Å². The van der Waals surface area contributed by atoms with Gasteiger partial charge in [-0.1, -0.05) is 5.92 Å². The van der Waals surface area contributed by atoms with Crippen LogP contribution in [-0.4, -0.2) is 35.7 Å². The fraction of sp³-hybridized carbons (Fsp3) is 0.273. The first kappa shape index (κ1) is 11.2. The number of hydrogen-bond acceptors (Lipinski definition) is 5. The van der Waals surface area contributed by atoms with Crippen molar-refractivity contribution >= 4 is 22.8 Å². The lowest BCUT2D eigenvalue weighted by Crippen LogP contribution is -2.17. The lowest BCUT2D eigenvalue weighted by molar-refractivity contribution is 0.183. The Bertz CT molecular complexity index is 556. The normalized spacial score (nSPS) is 10.2. The van der Waals surface area contributed by atoms with Crippen LogP contribution in [-0.2, 0) is 4.84 Å². The highest BCUT2D eigenvalue weighted by molar-refractivity contribution is 5.88. The number of aromatic amines is 1. The minimum Gasteiger partial charge on any atom is -0.346 e. The van der Waals surface area contributed by atoms with Crippen molar-refractivity contribution in [2.45, 2.75) is 0 Å². The number of nitrogens with one attached hydrogen (secondary N) is 2. The number of fused-ring (bicyclic) bond motifs is 1. The maximum absolute atomic E-state index is 5.18. The molecule has 2 rings (SSSR count). The molecule has 0 amide bonds. The molecule has 2 aromatic rings. The van der Waals surface area contributed by atoms with Gasteiger partial charge in [-0.3, -0.25) is 4.84 Å². The molecule has 88 valence electrons. The van der Waals surface area contributed by atoms with Crippen molar-refractivity contribution in [3.63, 3.8) is 0 Å². The molecule has 0 radical (unpaired) electrons. The fourth-order valence-corrected chi connectivity index (χ4v) is 1.46. The molecule has 2 N–H and O–H groups in total. The summed E-state index contributed by atoms with van der Waals surface area (Å²) in [6.07, 6.45) is 6.98. The third kappa shape index (κ3) is 2.14. The number of hydrogen-bond donors (Lipinski definition) is 2. The van der Waals surface area contributed by atoms with Crippen molar-refractivity contribution in [1.82, 2.24) is 15.0 Å². The molecular weight excluding hydrogens is 218 g/mol. The average molecular weight is 231 g/mol. The smallest absolute Gasteiger partial charge is 0.227 e. The number of nitrogens with zero attached hydrogens (tertiary/aromatic N) is 3. The van der Waals surface area contributed by atoms with Crippen LogP contribution in [0.4, 0.5) is 11.8 Å². The van der Waals surface area contributed by atoms with Gasteiger partial charge < -0.3 is 10.3 Å². The molecule has 0 saturated carbocycles. The number of anilines is 2. The molecule has 0 spiro atoms. The van der Waals surface area contributed by atoms with E-state index in [2.05, 4.69) is 26.2 Å². The zero-order valence-electron chi connectivity index (χ0n) is 9.69. The second-order valence-corrected chi connectivity index (χ2v) is 3.35. The van der Waals surface area contributed by atoms with Crippen LogP contribution in [0.25, 0.3) is 11.0 Å². The van der Waals surface area contributed by atoms with Crippen molar-refractivity contribution in [2.75, 3.05) is 31.1 Å². The van der Waals surface area contributed by atoms with Crippen LogP contribution < -0.4 is 10.4 Å². The lowest BCUT2D eigenvalue weighted by atomic mass is 10.4. The summed E-state index contributed by atoms with van der Waals surface area (Å²) in [5, 5.41) is 5.39. The van der Waals surface area contributed by atoms with Crippen molar-refractivity contribution in [3.05, 3.63) is 12.3 Å². The van der Waals surface area contributed by atoms with Crippen molar-refractivity contribution in [1.29, 1.82) is 0 Å². The highest BCUT2D eigenvalue weighted by atomic mass is 16.7. The summed E-state index contributed by atoms with van der Waals surface area (Å²) in [5.41, 5.74) is 0.735. The van der Waals surface area contributed by atoms with E-state index in [0.29, 0.717) is 18.3 Å². The van der Waals surface area contributed by atoms with E-state index in [9.17, 15) is 0 Å². The van der Waals surface area contributed by atoms with Crippen LogP contribution in [0.5, 0.6) is 0 Å². The summed E-state index contributed by atoms with van der Waals surface area (Å²) < 4.78 is 0. The van der Waals surface area contributed by atoms with Gasteiger partial charge in [-0.15, -0.1) is 6.42 Å². The Morgan fingerprint density at radius 1 is 1.59 bits per heavy atom. The minimum absolute atomic E-state index is 0.377. The first-order chi connectivity index (χ1) is 8.26. The third-order valence-corrected chi connectivity index (χ3v) is 2.32. The van der Waals surface area contributed by atoms with E-state index < -0.39 is 0 Å². The highest BCUT2D eigenvalue weighted by Crippen LogP contribution is 2.23. The SMILES string of the molecule is C#CCNc1nc(N(C)OC)c2cc[nH]c2n1. The number of rotatable bonds is 4. The molecule has 0 saturated heterocycles. The van der Waals surface area contributed by atoms with E-state index in [1.807, 2.05) is 6.07 Å². The quantitative estimate of drug-likeness (QED) is 0.607. The molecule has 2 aromatic heterocycles. The van der Waals surface area contributed by atoms with Gasteiger partial charge >= 0.3 is 0 Å². The Labute approximate surface area is 99.0 Å². The Morgan fingerprint density at radius 2 is 2.41 bits per heavy atom. The molecule has 6 heteroatoms. The van der Waals surface area contributed by atoms with E-state index in [1.54, 1.807) is 25.4 Å². The molecule has 0 aliphatic heterocycles. The molecular formula is C11H13N5O. The fourth-order valence-electron chi connectivity index (χ4n) is 1.46. The van der Waals surface area contributed by atoms with Crippen LogP contribution in [0.1, 0.15) is 0 Å².